The molecule has 2 bridgehead atoms. The van der Waals surface area contributed by atoms with Gasteiger partial charge in [0.15, 0.2) is 0 Å². The SMILES string of the molecule is O=C1[C@@H]2C3c4ccccc4C(c4ccccc43)[C@@H]2C(=O)N1c1ccccc1N([O-])O. The van der Waals surface area contributed by atoms with E-state index in [4.69, 9.17) is 0 Å². The second kappa shape index (κ2) is 6.01. The maximum absolute atomic E-state index is 13.6. The molecule has 4 aliphatic rings. The van der Waals surface area contributed by atoms with Crippen LogP contribution in [0.5, 0.6) is 0 Å². The van der Waals surface area contributed by atoms with Gasteiger partial charge in [0.1, 0.15) is 0 Å². The third-order valence-electron chi connectivity index (χ3n) is 6.78. The van der Waals surface area contributed by atoms with Gasteiger partial charge in [0.2, 0.25) is 11.8 Å². The summed E-state index contributed by atoms with van der Waals surface area (Å²) >= 11 is 0. The summed E-state index contributed by atoms with van der Waals surface area (Å²) in [7, 11) is 0. The maximum atomic E-state index is 13.6. The third-order valence-corrected chi connectivity index (χ3v) is 6.78. The summed E-state index contributed by atoms with van der Waals surface area (Å²) in [6, 6.07) is 22.2. The van der Waals surface area contributed by atoms with Crippen molar-refractivity contribution in [2.24, 2.45) is 11.8 Å². The van der Waals surface area contributed by atoms with Crippen LogP contribution in [0.1, 0.15) is 34.1 Å². The second-order valence-corrected chi connectivity index (χ2v) is 8.04. The lowest BCUT2D eigenvalue weighted by molar-refractivity contribution is -0.122. The van der Waals surface area contributed by atoms with Gasteiger partial charge in [-0.2, -0.15) is 0 Å². The Bertz CT molecular complexity index is 1110. The van der Waals surface area contributed by atoms with Gasteiger partial charge in [-0.25, -0.2) is 4.90 Å². The molecule has 0 unspecified atom stereocenters. The molecule has 148 valence electrons. The molecule has 1 heterocycles. The predicted molar refractivity (Wildman–Crippen MR) is 110 cm³/mol. The van der Waals surface area contributed by atoms with E-state index in [0.29, 0.717) is 0 Å². The fraction of sp³-hybridized carbons (Fsp3) is 0.167. The summed E-state index contributed by atoms with van der Waals surface area (Å²) in [6.45, 7) is 0. The first-order valence-electron chi connectivity index (χ1n) is 9.90. The number of benzene rings is 3. The van der Waals surface area contributed by atoms with Crippen molar-refractivity contribution in [2.45, 2.75) is 11.8 Å². The lowest BCUT2D eigenvalue weighted by Gasteiger charge is -2.45. The Morgan fingerprint density at radius 1 is 0.700 bits per heavy atom. The average molecular weight is 397 g/mol. The molecule has 3 aliphatic carbocycles. The smallest absolute Gasteiger partial charge is 0.238 e. The average Bonchev–Trinajstić information content (AvgIpc) is 3.04. The van der Waals surface area contributed by atoms with E-state index < -0.39 is 11.8 Å². The first kappa shape index (κ1) is 17.4. The highest BCUT2D eigenvalue weighted by Crippen LogP contribution is 2.61. The Kier molecular flexibility index (Phi) is 3.48. The highest BCUT2D eigenvalue weighted by atomic mass is 16.8. The highest BCUT2D eigenvalue weighted by molar-refractivity contribution is 6.24. The third kappa shape index (κ3) is 2.04. The largest absolute Gasteiger partial charge is 0.733 e. The minimum atomic E-state index is -0.529. The normalized spacial score (nSPS) is 25.7. The molecule has 1 N–H and O–H groups in total. The molecule has 3 aromatic rings. The van der Waals surface area contributed by atoms with Crippen LogP contribution in [-0.2, 0) is 9.59 Å². The Morgan fingerprint density at radius 3 is 1.53 bits per heavy atom. The van der Waals surface area contributed by atoms with Crippen molar-refractivity contribution in [1.29, 1.82) is 0 Å². The monoisotopic (exact) mass is 397 g/mol. The van der Waals surface area contributed by atoms with E-state index in [1.54, 1.807) is 12.1 Å². The van der Waals surface area contributed by atoms with E-state index in [-0.39, 0.29) is 40.3 Å². The molecule has 6 nitrogen and oxygen atoms in total. The molecule has 30 heavy (non-hydrogen) atoms. The Balaban J connectivity index is 1.57. The summed E-state index contributed by atoms with van der Waals surface area (Å²) in [5.74, 6) is -2.12. The van der Waals surface area contributed by atoms with Gasteiger partial charge in [-0.3, -0.25) is 14.8 Å². The van der Waals surface area contributed by atoms with Crippen molar-refractivity contribution >= 4 is 23.2 Å². The molecular formula is C24H17N2O4-. The zero-order valence-corrected chi connectivity index (χ0v) is 15.8. The molecule has 0 radical (unpaired) electrons. The van der Waals surface area contributed by atoms with Crippen molar-refractivity contribution in [2.75, 3.05) is 10.1 Å². The van der Waals surface area contributed by atoms with Crippen molar-refractivity contribution < 1.29 is 14.8 Å². The number of nitrogens with zero attached hydrogens (tertiary/aromatic N) is 2. The number of hydrogen-bond acceptors (Lipinski definition) is 5. The van der Waals surface area contributed by atoms with E-state index in [2.05, 4.69) is 0 Å². The Hall–Kier alpha value is -3.48. The lowest BCUT2D eigenvalue weighted by atomic mass is 9.55. The number of imide groups is 1. The quantitative estimate of drug-likeness (QED) is 0.526. The van der Waals surface area contributed by atoms with Crippen LogP contribution in [0, 0.1) is 17.0 Å². The highest BCUT2D eigenvalue weighted by Gasteiger charge is 2.61. The van der Waals surface area contributed by atoms with Gasteiger partial charge >= 0.3 is 0 Å². The molecule has 1 fully saturated rings. The number of carbonyl (C=O) groups excluding carboxylic acids is 2. The second-order valence-electron chi connectivity index (χ2n) is 8.04. The number of hydrogen-bond donors (Lipinski definition) is 1. The van der Waals surface area contributed by atoms with Crippen molar-refractivity contribution in [3.63, 3.8) is 0 Å². The topological polar surface area (TPSA) is 83.9 Å². The Labute approximate surface area is 172 Å². The number of carbonyl (C=O) groups is 2. The van der Waals surface area contributed by atoms with Crippen LogP contribution in [0.25, 0.3) is 0 Å². The van der Waals surface area contributed by atoms with Crippen LogP contribution in [-0.4, -0.2) is 17.0 Å². The molecule has 3 aromatic carbocycles. The number of rotatable bonds is 2. The van der Waals surface area contributed by atoms with E-state index >= 15 is 0 Å². The zero-order chi connectivity index (χ0) is 20.6. The van der Waals surface area contributed by atoms with Crippen LogP contribution in [0.4, 0.5) is 11.4 Å². The van der Waals surface area contributed by atoms with Crippen LogP contribution >= 0.6 is 0 Å². The lowest BCUT2D eigenvalue weighted by Crippen LogP contribution is -2.41. The van der Waals surface area contributed by atoms with E-state index in [1.165, 1.54) is 12.1 Å². The summed E-state index contributed by atoms with van der Waals surface area (Å²) in [6.07, 6.45) is 0. The maximum Gasteiger partial charge on any atom is 0.238 e. The van der Waals surface area contributed by atoms with Crippen LogP contribution in [0.2, 0.25) is 0 Å². The van der Waals surface area contributed by atoms with Gasteiger partial charge in [-0.15, -0.1) is 0 Å². The van der Waals surface area contributed by atoms with Gasteiger partial charge in [-0.1, -0.05) is 60.7 Å². The molecule has 7 rings (SSSR count). The fourth-order valence-corrected chi connectivity index (χ4v) is 5.73. The van der Waals surface area contributed by atoms with E-state index in [9.17, 15) is 20.0 Å². The molecule has 1 saturated heterocycles. The molecule has 6 heteroatoms. The summed E-state index contributed by atoms with van der Waals surface area (Å²) in [5, 5.41) is 20.9. The first-order chi connectivity index (χ1) is 14.6. The van der Waals surface area contributed by atoms with Crippen LogP contribution in [0.3, 0.4) is 0 Å². The number of anilines is 2. The minimum Gasteiger partial charge on any atom is -0.733 e. The summed E-state index contributed by atoms with van der Waals surface area (Å²) < 4.78 is 0. The van der Waals surface area contributed by atoms with Crippen LogP contribution < -0.4 is 10.1 Å². The van der Waals surface area contributed by atoms with Crippen molar-refractivity contribution in [3.8, 4) is 0 Å². The molecule has 0 saturated carbocycles. The first-order valence-corrected chi connectivity index (χ1v) is 9.90. The van der Waals surface area contributed by atoms with E-state index in [0.717, 1.165) is 27.2 Å². The van der Waals surface area contributed by atoms with Gasteiger partial charge in [0, 0.05) is 11.8 Å². The molecular weight excluding hydrogens is 380 g/mol. The molecule has 0 spiro atoms. The van der Waals surface area contributed by atoms with Crippen LogP contribution in [0.15, 0.2) is 72.8 Å². The standard InChI is InChI=1S/C24H17N2O4/c27-23-21-19-13-7-1-2-8-14(13)20(16-10-4-3-9-15(16)19)22(21)24(28)25(23)17-11-5-6-12-18(17)26(29)30/h1-12,19-22,29H/q-1/t19?,20?,21-,22+. The summed E-state index contributed by atoms with van der Waals surface area (Å²) in [5.41, 5.74) is 4.35. The minimum absolute atomic E-state index is 0.118. The number of amides is 2. The zero-order valence-electron chi connectivity index (χ0n) is 15.8. The van der Waals surface area contributed by atoms with Gasteiger partial charge in [0.25, 0.3) is 0 Å². The van der Waals surface area contributed by atoms with Crippen molar-refractivity contribution in [3.05, 3.63) is 100 Å². The Morgan fingerprint density at radius 2 is 1.10 bits per heavy atom. The van der Waals surface area contributed by atoms with Crippen molar-refractivity contribution in [1.82, 2.24) is 0 Å². The fourth-order valence-electron chi connectivity index (χ4n) is 5.73. The van der Waals surface area contributed by atoms with Gasteiger partial charge in [0.05, 0.1) is 23.2 Å². The van der Waals surface area contributed by atoms with Gasteiger partial charge < -0.3 is 10.4 Å². The predicted octanol–water partition coefficient (Wildman–Crippen LogP) is 3.78. The van der Waals surface area contributed by atoms with E-state index in [1.807, 2.05) is 48.5 Å². The molecule has 1 aliphatic heterocycles. The number of para-hydroxylation sites is 2. The molecule has 0 aromatic heterocycles. The molecule has 2 atom stereocenters. The molecule has 2 amide bonds. The van der Waals surface area contributed by atoms with Gasteiger partial charge in [-0.05, 0) is 34.4 Å². The summed E-state index contributed by atoms with van der Waals surface area (Å²) in [4.78, 5) is 28.4.